The van der Waals surface area contributed by atoms with E-state index in [4.69, 9.17) is 9.47 Å². The van der Waals surface area contributed by atoms with Gasteiger partial charge < -0.3 is 14.8 Å². The van der Waals surface area contributed by atoms with Gasteiger partial charge in [0.2, 0.25) is 0 Å². The van der Waals surface area contributed by atoms with Gasteiger partial charge in [-0.15, -0.1) is 0 Å². The SMILES string of the molecule is COc1ccc(CNc2cc(C)cc(C)c2)cc1OCC(C)C. The molecule has 0 aromatic heterocycles. The molecule has 2 aromatic rings. The summed E-state index contributed by atoms with van der Waals surface area (Å²) in [5, 5.41) is 3.48. The Hall–Kier alpha value is -2.16. The average molecular weight is 313 g/mol. The molecule has 3 nitrogen and oxygen atoms in total. The van der Waals surface area contributed by atoms with Crippen LogP contribution in [0, 0.1) is 19.8 Å². The normalized spacial score (nSPS) is 10.7. The topological polar surface area (TPSA) is 30.5 Å². The second-order valence-corrected chi connectivity index (χ2v) is 6.42. The van der Waals surface area contributed by atoms with Gasteiger partial charge in [0.05, 0.1) is 13.7 Å². The molecule has 23 heavy (non-hydrogen) atoms. The van der Waals surface area contributed by atoms with Gasteiger partial charge in [0, 0.05) is 12.2 Å². The van der Waals surface area contributed by atoms with Crippen molar-refractivity contribution >= 4 is 5.69 Å². The van der Waals surface area contributed by atoms with Gasteiger partial charge >= 0.3 is 0 Å². The molecule has 124 valence electrons. The van der Waals surface area contributed by atoms with Crippen molar-refractivity contribution in [1.82, 2.24) is 0 Å². The van der Waals surface area contributed by atoms with Crippen LogP contribution in [0.2, 0.25) is 0 Å². The van der Waals surface area contributed by atoms with Crippen LogP contribution in [0.1, 0.15) is 30.5 Å². The lowest BCUT2D eigenvalue weighted by Crippen LogP contribution is -2.06. The Bertz CT molecular complexity index is 630. The van der Waals surface area contributed by atoms with Crippen LogP contribution in [0.4, 0.5) is 5.69 Å². The molecule has 1 N–H and O–H groups in total. The van der Waals surface area contributed by atoms with Crippen molar-refractivity contribution in [3.8, 4) is 11.5 Å². The maximum absolute atomic E-state index is 5.87. The van der Waals surface area contributed by atoms with Crippen LogP contribution in [0.25, 0.3) is 0 Å². The van der Waals surface area contributed by atoms with Crippen molar-refractivity contribution < 1.29 is 9.47 Å². The van der Waals surface area contributed by atoms with Crippen molar-refractivity contribution in [3.63, 3.8) is 0 Å². The molecule has 0 amide bonds. The highest BCUT2D eigenvalue weighted by Gasteiger charge is 2.07. The van der Waals surface area contributed by atoms with Gasteiger partial charge in [0.25, 0.3) is 0 Å². The number of benzene rings is 2. The van der Waals surface area contributed by atoms with E-state index in [9.17, 15) is 0 Å². The molecular weight excluding hydrogens is 286 g/mol. The Morgan fingerprint density at radius 3 is 2.26 bits per heavy atom. The van der Waals surface area contributed by atoms with Gasteiger partial charge in [-0.05, 0) is 60.7 Å². The molecule has 2 rings (SSSR count). The van der Waals surface area contributed by atoms with E-state index < -0.39 is 0 Å². The second-order valence-electron chi connectivity index (χ2n) is 6.42. The molecule has 0 unspecified atom stereocenters. The first kappa shape index (κ1) is 17.2. The Morgan fingerprint density at radius 1 is 0.957 bits per heavy atom. The highest BCUT2D eigenvalue weighted by atomic mass is 16.5. The van der Waals surface area contributed by atoms with Crippen molar-refractivity contribution in [2.75, 3.05) is 19.0 Å². The number of anilines is 1. The van der Waals surface area contributed by atoms with Crippen LogP contribution in [-0.2, 0) is 6.54 Å². The Balaban J connectivity index is 2.08. The second kappa shape index (κ2) is 7.91. The summed E-state index contributed by atoms with van der Waals surface area (Å²) in [6.45, 7) is 9.94. The van der Waals surface area contributed by atoms with Crippen LogP contribution in [-0.4, -0.2) is 13.7 Å². The average Bonchev–Trinajstić information content (AvgIpc) is 2.50. The van der Waals surface area contributed by atoms with Crippen LogP contribution in [0.15, 0.2) is 36.4 Å². The number of nitrogens with one attached hydrogen (secondary N) is 1. The Morgan fingerprint density at radius 2 is 1.65 bits per heavy atom. The predicted molar refractivity (Wildman–Crippen MR) is 96.6 cm³/mol. The third-order valence-electron chi connectivity index (χ3n) is 3.52. The van der Waals surface area contributed by atoms with Crippen LogP contribution < -0.4 is 14.8 Å². The monoisotopic (exact) mass is 313 g/mol. The summed E-state index contributed by atoms with van der Waals surface area (Å²) in [6, 6.07) is 12.6. The summed E-state index contributed by atoms with van der Waals surface area (Å²) in [5.41, 5.74) is 4.85. The van der Waals surface area contributed by atoms with Gasteiger partial charge in [-0.1, -0.05) is 26.0 Å². The summed E-state index contributed by atoms with van der Waals surface area (Å²) in [7, 11) is 1.67. The highest BCUT2D eigenvalue weighted by molar-refractivity contribution is 5.50. The molecule has 3 heteroatoms. The minimum absolute atomic E-state index is 0.483. The first-order valence-electron chi connectivity index (χ1n) is 8.10. The summed E-state index contributed by atoms with van der Waals surface area (Å²) in [4.78, 5) is 0. The molecular formula is C20H27NO2. The van der Waals surface area contributed by atoms with Crippen molar-refractivity contribution in [1.29, 1.82) is 0 Å². The van der Waals surface area contributed by atoms with Gasteiger partial charge in [-0.2, -0.15) is 0 Å². The lowest BCUT2D eigenvalue weighted by molar-refractivity contribution is 0.256. The molecule has 0 spiro atoms. The van der Waals surface area contributed by atoms with Gasteiger partial charge in [0.1, 0.15) is 0 Å². The van der Waals surface area contributed by atoms with E-state index in [2.05, 4.69) is 63.3 Å². The van der Waals surface area contributed by atoms with E-state index >= 15 is 0 Å². The van der Waals surface area contributed by atoms with E-state index in [0.717, 1.165) is 23.7 Å². The number of methoxy groups -OCH3 is 1. The minimum Gasteiger partial charge on any atom is -0.493 e. The van der Waals surface area contributed by atoms with Crippen LogP contribution in [0.3, 0.4) is 0 Å². The van der Waals surface area contributed by atoms with Gasteiger partial charge in [-0.25, -0.2) is 0 Å². The molecule has 0 aliphatic carbocycles. The van der Waals surface area contributed by atoms with Crippen molar-refractivity contribution in [2.24, 2.45) is 5.92 Å². The predicted octanol–water partition coefficient (Wildman–Crippen LogP) is 4.96. The molecule has 0 saturated heterocycles. The minimum atomic E-state index is 0.483. The fourth-order valence-corrected chi connectivity index (χ4v) is 2.48. The summed E-state index contributed by atoms with van der Waals surface area (Å²) >= 11 is 0. The molecule has 0 saturated carbocycles. The standard InChI is InChI=1S/C20H27NO2/c1-14(2)13-23-20-11-17(6-7-19(20)22-5)12-21-18-9-15(3)8-16(4)10-18/h6-11,14,21H,12-13H2,1-5H3. The summed E-state index contributed by atoms with van der Waals surface area (Å²) < 4.78 is 11.2. The maximum Gasteiger partial charge on any atom is 0.161 e. The lowest BCUT2D eigenvalue weighted by Gasteiger charge is -2.14. The number of ether oxygens (including phenoxy) is 2. The van der Waals surface area contributed by atoms with E-state index in [-0.39, 0.29) is 0 Å². The first-order chi connectivity index (χ1) is 11.0. The lowest BCUT2D eigenvalue weighted by atomic mass is 10.1. The smallest absolute Gasteiger partial charge is 0.161 e. The molecule has 0 atom stereocenters. The molecule has 0 aliphatic rings. The maximum atomic E-state index is 5.87. The zero-order valence-electron chi connectivity index (χ0n) is 14.8. The van der Waals surface area contributed by atoms with Crippen LogP contribution in [0.5, 0.6) is 11.5 Å². The first-order valence-corrected chi connectivity index (χ1v) is 8.10. The zero-order valence-corrected chi connectivity index (χ0v) is 14.8. The molecule has 2 aromatic carbocycles. The fourth-order valence-electron chi connectivity index (χ4n) is 2.48. The number of hydrogen-bond acceptors (Lipinski definition) is 3. The van der Waals surface area contributed by atoms with Crippen molar-refractivity contribution in [3.05, 3.63) is 53.1 Å². The molecule has 0 heterocycles. The fraction of sp³-hybridized carbons (Fsp3) is 0.400. The zero-order chi connectivity index (χ0) is 16.8. The third-order valence-corrected chi connectivity index (χ3v) is 3.52. The van der Waals surface area contributed by atoms with E-state index in [1.165, 1.54) is 16.7 Å². The number of hydrogen-bond donors (Lipinski definition) is 1. The van der Waals surface area contributed by atoms with Crippen molar-refractivity contribution in [2.45, 2.75) is 34.2 Å². The Labute approximate surface area is 139 Å². The van der Waals surface area contributed by atoms with E-state index in [0.29, 0.717) is 12.5 Å². The molecule has 0 fully saturated rings. The third kappa shape index (κ3) is 5.20. The van der Waals surface area contributed by atoms with Gasteiger partial charge in [-0.3, -0.25) is 0 Å². The van der Waals surface area contributed by atoms with E-state index in [1.54, 1.807) is 7.11 Å². The number of rotatable bonds is 7. The summed E-state index contributed by atoms with van der Waals surface area (Å²) in [5.74, 6) is 2.07. The number of aryl methyl sites for hydroxylation is 2. The molecule has 0 bridgehead atoms. The Kier molecular flexibility index (Phi) is 5.91. The summed E-state index contributed by atoms with van der Waals surface area (Å²) in [6.07, 6.45) is 0. The molecule has 0 aliphatic heterocycles. The largest absolute Gasteiger partial charge is 0.493 e. The highest BCUT2D eigenvalue weighted by Crippen LogP contribution is 2.29. The van der Waals surface area contributed by atoms with E-state index in [1.807, 2.05) is 6.07 Å². The van der Waals surface area contributed by atoms with Crippen LogP contribution >= 0.6 is 0 Å². The van der Waals surface area contributed by atoms with Gasteiger partial charge in [0.15, 0.2) is 11.5 Å². The molecule has 0 radical (unpaired) electrons. The quantitative estimate of drug-likeness (QED) is 0.783.